The van der Waals surface area contributed by atoms with Crippen molar-refractivity contribution in [1.82, 2.24) is 42.1 Å². The number of unbranched alkanes of at least 4 members (excludes halogenated alkanes) is 1. The zero-order valence-corrected chi connectivity index (χ0v) is 38.9. The largest absolute Gasteiger partial charge is 0.370 e. The Hall–Kier alpha value is -7.04. The fraction of sp³-hybridized carbons (Fsp3) is 0.692. The van der Waals surface area contributed by atoms with Gasteiger partial charge in [-0.15, -0.1) is 0 Å². The van der Waals surface area contributed by atoms with Gasteiger partial charge in [0.1, 0.15) is 36.3 Å². The molecular weight excluding hydrogens is 893 g/mol. The lowest BCUT2D eigenvalue weighted by molar-refractivity contribution is -0.141. The fourth-order valence-corrected chi connectivity index (χ4v) is 6.68. The first-order valence-electron chi connectivity index (χ1n) is 22.3. The van der Waals surface area contributed by atoms with Gasteiger partial charge >= 0.3 is 0 Å². The molecule has 1 saturated heterocycles. The first-order chi connectivity index (χ1) is 32.1. The maximum atomic E-state index is 13.8. The summed E-state index contributed by atoms with van der Waals surface area (Å²) in [6.07, 6.45) is 2.61. The van der Waals surface area contributed by atoms with Gasteiger partial charge in [-0.1, -0.05) is 0 Å². The topological polar surface area (TPSA) is 512 Å². The standard InChI is InChI=1S/C39H74N20O9/c1-21(41)30(62)56-26(12-7-17-51-39(47)48)34(66)58-25(11-6-16-50-38(45)46)32(64)54-22(2)36(68)59-18-8-13-27(59)35(67)53-20-29(61)55-24(10-5-15-49-37(43)44)33(65)57-23(9-3-4-14-40)31(63)52-19-28(42)60/h21-27H,3-20,40-41H2,1-2H3,(H2,42,60)(H,52,63)(H,53,67)(H,54,64)(H,55,61)(H,56,62)(H,57,65)(H,58,66)(H4,43,44,49)(H4,45,46,50)(H4,47,48,51)/t21-,22-,23-,24-,25-,26-,27-/m0/s1. The van der Waals surface area contributed by atoms with Crippen molar-refractivity contribution in [3.63, 3.8) is 0 Å². The average Bonchev–Trinajstić information content (AvgIpc) is 3.77. The molecule has 0 saturated carbocycles. The van der Waals surface area contributed by atoms with E-state index in [4.69, 9.17) is 51.6 Å². The SMILES string of the molecule is C[C@H](N)C(=O)N[C@@H](CCCN=C(N)N)C(=O)N[C@@H](CCCN=C(N)N)C(=O)N[C@@H](C)C(=O)N1CCC[C@H]1C(=O)NCC(=O)N[C@@H](CCCN=C(N)N)C(=O)N[C@@H](CCCCN)C(=O)NCC(N)=O. The van der Waals surface area contributed by atoms with Crippen molar-refractivity contribution in [3.8, 4) is 0 Å². The quantitative estimate of drug-likeness (QED) is 0.0169. The van der Waals surface area contributed by atoms with E-state index in [0.717, 1.165) is 0 Å². The molecule has 0 aromatic heterocycles. The molecule has 1 rings (SSSR count). The Morgan fingerprint density at radius 2 is 1.00 bits per heavy atom. The molecule has 0 aromatic carbocycles. The summed E-state index contributed by atoms with van der Waals surface area (Å²) in [5, 5.41) is 17.8. The summed E-state index contributed by atoms with van der Waals surface area (Å²) in [6.45, 7) is 2.58. The zero-order chi connectivity index (χ0) is 51.3. The highest BCUT2D eigenvalue weighted by molar-refractivity contribution is 5.97. The van der Waals surface area contributed by atoms with Crippen LogP contribution in [0.5, 0.6) is 0 Å². The van der Waals surface area contributed by atoms with Crippen molar-refractivity contribution in [2.75, 3.05) is 45.8 Å². The van der Waals surface area contributed by atoms with E-state index < -0.39 is 109 Å². The van der Waals surface area contributed by atoms with Crippen molar-refractivity contribution >= 4 is 71.0 Å². The van der Waals surface area contributed by atoms with Crippen molar-refractivity contribution in [2.45, 2.75) is 127 Å². The maximum Gasteiger partial charge on any atom is 0.245 e. The third-order valence-electron chi connectivity index (χ3n) is 10.2. The minimum Gasteiger partial charge on any atom is -0.370 e. The summed E-state index contributed by atoms with van der Waals surface area (Å²) in [4.78, 5) is 131. The molecule has 29 nitrogen and oxygen atoms in total. The van der Waals surface area contributed by atoms with E-state index in [1.807, 2.05) is 0 Å². The molecule has 25 N–H and O–H groups in total. The molecule has 0 spiro atoms. The Bertz CT molecular complexity index is 1800. The van der Waals surface area contributed by atoms with Crippen LogP contribution >= 0.6 is 0 Å². The van der Waals surface area contributed by atoms with Crippen LogP contribution in [0, 0.1) is 0 Å². The van der Waals surface area contributed by atoms with Crippen molar-refractivity contribution in [3.05, 3.63) is 0 Å². The highest BCUT2D eigenvalue weighted by Crippen LogP contribution is 2.19. The van der Waals surface area contributed by atoms with Gasteiger partial charge in [0.2, 0.25) is 53.2 Å². The fourth-order valence-electron chi connectivity index (χ4n) is 6.68. The monoisotopic (exact) mass is 967 g/mol. The van der Waals surface area contributed by atoms with Gasteiger partial charge in [-0.3, -0.25) is 58.1 Å². The second kappa shape index (κ2) is 31.8. The van der Waals surface area contributed by atoms with E-state index in [9.17, 15) is 43.2 Å². The van der Waals surface area contributed by atoms with E-state index in [0.29, 0.717) is 25.8 Å². The second-order valence-electron chi connectivity index (χ2n) is 16.0. The third kappa shape index (κ3) is 23.9. The summed E-state index contributed by atoms with van der Waals surface area (Å²) in [5.41, 5.74) is 48.9. The number of aliphatic imine (C=N–C) groups is 3. The van der Waals surface area contributed by atoms with Gasteiger partial charge in [-0.25, -0.2) is 0 Å². The van der Waals surface area contributed by atoms with Gasteiger partial charge in [0, 0.05) is 26.2 Å². The van der Waals surface area contributed by atoms with Crippen molar-refractivity contribution in [2.24, 2.45) is 66.6 Å². The van der Waals surface area contributed by atoms with E-state index in [1.54, 1.807) is 0 Å². The van der Waals surface area contributed by atoms with Gasteiger partial charge in [0.15, 0.2) is 17.9 Å². The van der Waals surface area contributed by atoms with Crippen LogP contribution in [0.4, 0.5) is 0 Å². The first kappa shape index (κ1) is 59.0. The highest BCUT2D eigenvalue weighted by Gasteiger charge is 2.38. The minimum absolute atomic E-state index is 0.00841. The summed E-state index contributed by atoms with van der Waals surface area (Å²) in [6, 6.07) is -7.91. The molecule has 1 heterocycles. The smallest absolute Gasteiger partial charge is 0.245 e. The van der Waals surface area contributed by atoms with Crippen LogP contribution in [-0.2, 0) is 43.2 Å². The molecule has 0 radical (unpaired) electrons. The summed E-state index contributed by atoms with van der Waals surface area (Å²) in [5.74, 6) is -6.97. The molecule has 1 aliphatic heterocycles. The number of likely N-dealkylation sites (tertiary alicyclic amines) is 1. The molecule has 68 heavy (non-hydrogen) atoms. The molecule has 1 fully saturated rings. The number of carbonyl (C=O) groups is 9. The lowest BCUT2D eigenvalue weighted by Gasteiger charge is -2.29. The van der Waals surface area contributed by atoms with Gasteiger partial charge in [0.25, 0.3) is 0 Å². The molecule has 1 aliphatic rings. The Balaban J connectivity index is 3.13. The predicted molar refractivity (Wildman–Crippen MR) is 252 cm³/mol. The number of rotatable bonds is 32. The van der Waals surface area contributed by atoms with E-state index in [2.05, 4.69) is 52.2 Å². The Labute approximate surface area is 394 Å². The number of hydrogen-bond donors (Lipinski definition) is 16. The average molecular weight is 967 g/mol. The van der Waals surface area contributed by atoms with Crippen LogP contribution in [0.15, 0.2) is 15.0 Å². The number of nitrogens with two attached hydrogens (primary N) is 9. The van der Waals surface area contributed by atoms with Crippen LogP contribution < -0.4 is 88.8 Å². The van der Waals surface area contributed by atoms with Crippen LogP contribution in [0.2, 0.25) is 0 Å². The highest BCUT2D eigenvalue weighted by atomic mass is 16.2. The molecule has 0 aromatic rings. The van der Waals surface area contributed by atoms with Gasteiger partial charge in [-0.05, 0) is 91.0 Å². The molecule has 384 valence electrons. The van der Waals surface area contributed by atoms with Crippen LogP contribution in [0.3, 0.4) is 0 Å². The zero-order valence-electron chi connectivity index (χ0n) is 38.9. The van der Waals surface area contributed by atoms with Gasteiger partial charge < -0.3 is 93.7 Å². The van der Waals surface area contributed by atoms with Crippen LogP contribution in [-0.4, -0.2) is 164 Å². The third-order valence-corrected chi connectivity index (χ3v) is 10.2. The molecule has 0 bridgehead atoms. The molecule has 29 heteroatoms. The molecule has 0 unspecified atom stereocenters. The Morgan fingerprint density at radius 3 is 1.46 bits per heavy atom. The van der Waals surface area contributed by atoms with Crippen LogP contribution in [0.25, 0.3) is 0 Å². The number of nitrogens with zero attached hydrogens (tertiary/aromatic N) is 4. The molecular formula is C39H74N20O9. The lowest BCUT2D eigenvalue weighted by Crippen LogP contribution is -2.58. The number of guanidine groups is 3. The Kier molecular flexibility index (Phi) is 27.6. The predicted octanol–water partition coefficient (Wildman–Crippen LogP) is -8.22. The Morgan fingerprint density at radius 1 is 0.559 bits per heavy atom. The number of carbonyl (C=O) groups excluding carboxylic acids is 9. The normalized spacial score (nSPS) is 15.6. The number of amides is 9. The van der Waals surface area contributed by atoms with Gasteiger partial charge in [-0.2, -0.15) is 0 Å². The first-order valence-corrected chi connectivity index (χ1v) is 22.3. The van der Waals surface area contributed by atoms with E-state index >= 15 is 0 Å². The molecule has 9 amide bonds. The summed E-state index contributed by atoms with van der Waals surface area (Å²) in [7, 11) is 0. The summed E-state index contributed by atoms with van der Waals surface area (Å²) >= 11 is 0. The number of nitrogens with one attached hydrogen (secondary N) is 7. The molecule has 7 atom stereocenters. The summed E-state index contributed by atoms with van der Waals surface area (Å²) < 4.78 is 0. The van der Waals surface area contributed by atoms with Gasteiger partial charge in [0.05, 0.1) is 19.1 Å². The maximum absolute atomic E-state index is 13.8. The van der Waals surface area contributed by atoms with Crippen LogP contribution in [0.1, 0.15) is 84.5 Å². The minimum atomic E-state index is -1.24. The molecule has 0 aliphatic carbocycles. The number of primary amides is 1. The van der Waals surface area contributed by atoms with E-state index in [-0.39, 0.29) is 95.4 Å². The lowest BCUT2D eigenvalue weighted by atomic mass is 10.1. The van der Waals surface area contributed by atoms with Crippen molar-refractivity contribution in [1.29, 1.82) is 0 Å². The van der Waals surface area contributed by atoms with Crippen molar-refractivity contribution < 1.29 is 43.2 Å². The van der Waals surface area contributed by atoms with E-state index in [1.165, 1.54) is 18.7 Å². The second-order valence-corrected chi connectivity index (χ2v) is 16.0. The number of hydrogen-bond acceptors (Lipinski definition) is 14.